The number of benzene rings is 1. The maximum atomic E-state index is 13.9. The number of aryl methyl sites for hydroxylation is 1. The number of nitrogens with one attached hydrogen (secondary N) is 1. The first-order valence-corrected chi connectivity index (χ1v) is 6.77. The maximum Gasteiger partial charge on any atom is 0.131 e. The van der Waals surface area contributed by atoms with Crippen molar-refractivity contribution in [2.45, 2.75) is 25.8 Å². The van der Waals surface area contributed by atoms with Crippen LogP contribution in [0.2, 0.25) is 0 Å². The first kappa shape index (κ1) is 12.4. The van der Waals surface area contributed by atoms with E-state index in [0.29, 0.717) is 11.6 Å². The zero-order valence-electron chi connectivity index (χ0n) is 11.1. The average molecular weight is 259 g/mol. The third kappa shape index (κ3) is 2.40. The van der Waals surface area contributed by atoms with Gasteiger partial charge in [0, 0.05) is 23.9 Å². The molecule has 0 saturated carbocycles. The zero-order valence-corrected chi connectivity index (χ0v) is 11.1. The predicted molar refractivity (Wildman–Crippen MR) is 73.5 cm³/mol. The van der Waals surface area contributed by atoms with E-state index in [1.165, 1.54) is 12.5 Å². The van der Waals surface area contributed by atoms with Gasteiger partial charge in [-0.1, -0.05) is 18.2 Å². The lowest BCUT2D eigenvalue weighted by molar-refractivity contribution is 0.346. The molecule has 2 aromatic rings. The van der Waals surface area contributed by atoms with Crippen LogP contribution in [0.3, 0.4) is 0 Å². The Kier molecular flexibility index (Phi) is 3.34. The molecule has 1 aliphatic rings. The second kappa shape index (κ2) is 5.13. The highest BCUT2D eigenvalue weighted by Gasteiger charge is 2.18. The van der Waals surface area contributed by atoms with E-state index in [4.69, 9.17) is 0 Å². The molecule has 1 unspecified atom stereocenters. The second-order valence-corrected chi connectivity index (χ2v) is 5.09. The molecule has 1 aromatic carbocycles. The minimum Gasteiger partial charge on any atom is -0.315 e. The van der Waals surface area contributed by atoms with Crippen molar-refractivity contribution >= 4 is 0 Å². The molecule has 4 heteroatoms. The van der Waals surface area contributed by atoms with Gasteiger partial charge in [-0.3, -0.25) is 4.68 Å². The molecule has 2 heterocycles. The molecule has 0 bridgehead atoms. The lowest BCUT2D eigenvalue weighted by Gasteiger charge is -2.22. The SMILES string of the molecule is Cc1nn(C2CCCNC2)cc1-c1ccccc1F. The summed E-state index contributed by atoms with van der Waals surface area (Å²) in [5.41, 5.74) is 2.41. The fourth-order valence-electron chi connectivity index (χ4n) is 2.67. The van der Waals surface area contributed by atoms with Gasteiger partial charge >= 0.3 is 0 Å². The van der Waals surface area contributed by atoms with Crippen molar-refractivity contribution in [3.05, 3.63) is 42.0 Å². The molecule has 1 N–H and O–H groups in total. The fourth-order valence-corrected chi connectivity index (χ4v) is 2.67. The predicted octanol–water partition coefficient (Wildman–Crippen LogP) is 2.92. The summed E-state index contributed by atoms with van der Waals surface area (Å²) in [6.45, 7) is 3.96. The van der Waals surface area contributed by atoms with Gasteiger partial charge < -0.3 is 5.32 Å². The Balaban J connectivity index is 1.95. The Morgan fingerprint density at radius 2 is 2.16 bits per heavy atom. The number of hydrogen-bond acceptors (Lipinski definition) is 2. The highest BCUT2D eigenvalue weighted by Crippen LogP contribution is 2.27. The molecule has 1 aromatic heterocycles. The van der Waals surface area contributed by atoms with Gasteiger partial charge in [0.2, 0.25) is 0 Å². The lowest BCUT2D eigenvalue weighted by Crippen LogP contribution is -2.31. The molecule has 1 atom stereocenters. The van der Waals surface area contributed by atoms with Crippen LogP contribution in [0.25, 0.3) is 11.1 Å². The van der Waals surface area contributed by atoms with Gasteiger partial charge in [0.15, 0.2) is 0 Å². The van der Waals surface area contributed by atoms with E-state index in [1.54, 1.807) is 6.07 Å². The van der Waals surface area contributed by atoms with Crippen LogP contribution in [0.1, 0.15) is 24.6 Å². The van der Waals surface area contributed by atoms with Crippen molar-refractivity contribution in [1.82, 2.24) is 15.1 Å². The van der Waals surface area contributed by atoms with Crippen molar-refractivity contribution in [3.63, 3.8) is 0 Å². The lowest BCUT2D eigenvalue weighted by atomic mass is 10.1. The first-order valence-electron chi connectivity index (χ1n) is 6.77. The summed E-state index contributed by atoms with van der Waals surface area (Å²) < 4.78 is 15.8. The molecule has 3 nitrogen and oxygen atoms in total. The van der Waals surface area contributed by atoms with Crippen LogP contribution >= 0.6 is 0 Å². The highest BCUT2D eigenvalue weighted by molar-refractivity contribution is 5.65. The number of nitrogens with zero attached hydrogens (tertiary/aromatic N) is 2. The Hall–Kier alpha value is -1.68. The highest BCUT2D eigenvalue weighted by atomic mass is 19.1. The van der Waals surface area contributed by atoms with E-state index >= 15 is 0 Å². The van der Waals surface area contributed by atoms with Crippen LogP contribution < -0.4 is 5.32 Å². The third-order valence-corrected chi connectivity index (χ3v) is 3.73. The van der Waals surface area contributed by atoms with Crippen molar-refractivity contribution < 1.29 is 4.39 Å². The summed E-state index contributed by atoms with van der Waals surface area (Å²) >= 11 is 0. The molecular formula is C15H18FN3. The minimum atomic E-state index is -0.188. The minimum absolute atomic E-state index is 0.188. The van der Waals surface area contributed by atoms with Crippen LogP contribution in [-0.4, -0.2) is 22.9 Å². The molecule has 1 fully saturated rings. The van der Waals surface area contributed by atoms with Crippen molar-refractivity contribution in [2.24, 2.45) is 0 Å². The first-order chi connectivity index (χ1) is 9.25. The molecule has 3 rings (SSSR count). The van der Waals surface area contributed by atoms with Crippen molar-refractivity contribution in [3.8, 4) is 11.1 Å². The quantitative estimate of drug-likeness (QED) is 0.898. The van der Waals surface area contributed by atoms with Gasteiger partial charge in [-0.15, -0.1) is 0 Å². The van der Waals surface area contributed by atoms with Gasteiger partial charge in [-0.05, 0) is 32.4 Å². The largest absolute Gasteiger partial charge is 0.315 e. The monoisotopic (exact) mass is 259 g/mol. The second-order valence-electron chi connectivity index (χ2n) is 5.09. The van der Waals surface area contributed by atoms with Crippen molar-refractivity contribution in [2.75, 3.05) is 13.1 Å². The van der Waals surface area contributed by atoms with E-state index in [2.05, 4.69) is 10.4 Å². The van der Waals surface area contributed by atoms with Gasteiger partial charge in [0.05, 0.1) is 11.7 Å². The number of hydrogen-bond donors (Lipinski definition) is 1. The standard InChI is InChI=1S/C15H18FN3/c1-11-14(13-6-2-3-7-15(13)16)10-19(18-11)12-5-4-8-17-9-12/h2-3,6-7,10,12,17H,4-5,8-9H2,1H3. The van der Waals surface area contributed by atoms with Crippen LogP contribution in [-0.2, 0) is 0 Å². The van der Waals surface area contributed by atoms with E-state index in [-0.39, 0.29) is 5.82 Å². The fraction of sp³-hybridized carbons (Fsp3) is 0.400. The average Bonchev–Trinajstić information content (AvgIpc) is 2.82. The Morgan fingerprint density at radius 1 is 1.32 bits per heavy atom. The van der Waals surface area contributed by atoms with Gasteiger partial charge in [-0.25, -0.2) is 4.39 Å². The number of rotatable bonds is 2. The molecule has 19 heavy (non-hydrogen) atoms. The number of aromatic nitrogens is 2. The Labute approximate surface area is 112 Å². The topological polar surface area (TPSA) is 29.9 Å². The molecule has 0 amide bonds. The molecule has 0 spiro atoms. The van der Waals surface area contributed by atoms with Crippen LogP contribution in [0.4, 0.5) is 4.39 Å². The van der Waals surface area contributed by atoms with Gasteiger partial charge in [0.25, 0.3) is 0 Å². The van der Waals surface area contributed by atoms with Crippen LogP contribution in [0.5, 0.6) is 0 Å². The molecule has 1 saturated heterocycles. The van der Waals surface area contributed by atoms with E-state index < -0.39 is 0 Å². The van der Waals surface area contributed by atoms with E-state index in [9.17, 15) is 4.39 Å². The maximum absolute atomic E-state index is 13.9. The molecule has 0 radical (unpaired) electrons. The zero-order chi connectivity index (χ0) is 13.2. The molecule has 1 aliphatic heterocycles. The Morgan fingerprint density at radius 3 is 2.89 bits per heavy atom. The summed E-state index contributed by atoms with van der Waals surface area (Å²) in [6.07, 6.45) is 4.27. The summed E-state index contributed by atoms with van der Waals surface area (Å²) in [5, 5.41) is 7.94. The van der Waals surface area contributed by atoms with Crippen molar-refractivity contribution in [1.29, 1.82) is 0 Å². The summed E-state index contributed by atoms with van der Waals surface area (Å²) in [4.78, 5) is 0. The molecular weight excluding hydrogens is 241 g/mol. The number of halogens is 1. The number of piperidine rings is 1. The smallest absolute Gasteiger partial charge is 0.131 e. The van der Waals surface area contributed by atoms with E-state index in [0.717, 1.165) is 30.8 Å². The molecule has 0 aliphatic carbocycles. The van der Waals surface area contributed by atoms with Gasteiger partial charge in [0.1, 0.15) is 5.82 Å². The van der Waals surface area contributed by atoms with Gasteiger partial charge in [-0.2, -0.15) is 5.10 Å². The summed E-state index contributed by atoms with van der Waals surface area (Å²) in [7, 11) is 0. The van der Waals surface area contributed by atoms with Crippen LogP contribution in [0.15, 0.2) is 30.5 Å². The summed E-state index contributed by atoms with van der Waals surface area (Å²) in [5.74, 6) is -0.188. The van der Waals surface area contributed by atoms with Crippen LogP contribution in [0, 0.1) is 12.7 Å². The molecule has 100 valence electrons. The third-order valence-electron chi connectivity index (χ3n) is 3.73. The Bertz CT molecular complexity index is 571. The summed E-state index contributed by atoms with van der Waals surface area (Å²) in [6, 6.07) is 7.26. The normalized spacial score (nSPS) is 19.6. The van der Waals surface area contributed by atoms with E-state index in [1.807, 2.05) is 29.9 Å².